The van der Waals surface area contributed by atoms with Crippen LogP contribution in [0.2, 0.25) is 5.02 Å². The first-order chi connectivity index (χ1) is 14.6. The van der Waals surface area contributed by atoms with Gasteiger partial charge in [0.25, 0.3) is 5.56 Å². The number of pyridine rings is 1. The van der Waals surface area contributed by atoms with Gasteiger partial charge in [0.1, 0.15) is 11.8 Å². The van der Waals surface area contributed by atoms with Gasteiger partial charge in [-0.1, -0.05) is 29.8 Å². The Labute approximate surface area is 176 Å². The fourth-order valence-electron chi connectivity index (χ4n) is 3.54. The first-order valence-corrected chi connectivity index (χ1v) is 9.85. The Morgan fingerprint density at radius 1 is 1.13 bits per heavy atom. The molecule has 0 aliphatic rings. The lowest BCUT2D eigenvalue weighted by atomic mass is 10.1. The molecule has 0 saturated carbocycles. The molecule has 0 unspecified atom stereocenters. The Kier molecular flexibility index (Phi) is 4.48. The molecule has 5 aromatic rings. The van der Waals surface area contributed by atoms with Gasteiger partial charge < -0.3 is 14.7 Å². The van der Waals surface area contributed by atoms with Gasteiger partial charge in [-0.05, 0) is 43.3 Å². The van der Waals surface area contributed by atoms with Crippen LogP contribution in [0.15, 0.2) is 76.3 Å². The van der Waals surface area contributed by atoms with Crippen molar-refractivity contribution in [1.82, 2.24) is 15.0 Å². The maximum atomic E-state index is 12.6. The van der Waals surface area contributed by atoms with Crippen LogP contribution in [0, 0.1) is 0 Å². The van der Waals surface area contributed by atoms with Crippen molar-refractivity contribution in [1.29, 1.82) is 0 Å². The Bertz CT molecular complexity index is 1440. The van der Waals surface area contributed by atoms with Crippen molar-refractivity contribution in [3.8, 4) is 11.3 Å². The summed E-state index contributed by atoms with van der Waals surface area (Å²) in [5.74, 6) is 0.427. The fraction of sp³-hybridized carbons (Fsp3) is 0.0870. The Balaban J connectivity index is 1.48. The van der Waals surface area contributed by atoms with Crippen LogP contribution in [-0.2, 0) is 0 Å². The van der Waals surface area contributed by atoms with E-state index in [9.17, 15) is 4.79 Å². The monoisotopic (exact) mass is 416 g/mol. The van der Waals surface area contributed by atoms with Gasteiger partial charge in [0.2, 0.25) is 5.95 Å². The van der Waals surface area contributed by atoms with Crippen molar-refractivity contribution in [3.05, 3.63) is 88.0 Å². The summed E-state index contributed by atoms with van der Waals surface area (Å²) >= 11 is 6.09. The van der Waals surface area contributed by atoms with Crippen molar-refractivity contribution in [3.63, 3.8) is 0 Å². The van der Waals surface area contributed by atoms with Gasteiger partial charge in [-0.3, -0.25) is 4.79 Å². The summed E-state index contributed by atoms with van der Waals surface area (Å²) in [6.45, 7) is 1.89. The normalized spacial score (nSPS) is 12.3. The molecular formula is C23H17ClN4O2. The Morgan fingerprint density at radius 2 is 2.00 bits per heavy atom. The first-order valence-electron chi connectivity index (χ1n) is 9.47. The molecule has 0 radical (unpaired) electrons. The number of furan rings is 1. The van der Waals surface area contributed by atoms with E-state index in [1.54, 1.807) is 24.6 Å². The Hall–Kier alpha value is -3.64. The van der Waals surface area contributed by atoms with Crippen LogP contribution in [0.5, 0.6) is 0 Å². The average Bonchev–Trinajstić information content (AvgIpc) is 3.18. The van der Waals surface area contributed by atoms with Crippen molar-refractivity contribution >= 4 is 39.4 Å². The lowest BCUT2D eigenvalue weighted by Gasteiger charge is -2.14. The van der Waals surface area contributed by atoms with Crippen molar-refractivity contribution in [2.45, 2.75) is 13.0 Å². The molecule has 0 amide bonds. The van der Waals surface area contributed by atoms with Gasteiger partial charge in [-0.15, -0.1) is 0 Å². The molecule has 0 spiro atoms. The zero-order chi connectivity index (χ0) is 20.7. The topological polar surface area (TPSA) is 83.8 Å². The molecule has 3 heterocycles. The van der Waals surface area contributed by atoms with E-state index < -0.39 is 0 Å². The fourth-order valence-corrected chi connectivity index (χ4v) is 3.72. The van der Waals surface area contributed by atoms with Gasteiger partial charge in [0.15, 0.2) is 0 Å². The highest BCUT2D eigenvalue weighted by atomic mass is 35.5. The molecular weight excluding hydrogens is 400 g/mol. The number of nitrogens with one attached hydrogen (secondary N) is 2. The predicted octanol–water partition coefficient (Wildman–Crippen LogP) is 5.56. The molecule has 0 saturated heterocycles. The van der Waals surface area contributed by atoms with Crippen LogP contribution in [0.1, 0.15) is 18.5 Å². The van der Waals surface area contributed by atoms with Gasteiger partial charge in [0, 0.05) is 38.6 Å². The molecule has 2 aromatic carbocycles. The molecule has 0 fully saturated rings. The number of hydrogen-bond acceptors (Lipinski definition) is 5. The Morgan fingerprint density at radius 3 is 2.90 bits per heavy atom. The number of H-pyrrole nitrogens is 1. The van der Waals surface area contributed by atoms with Crippen LogP contribution in [-0.4, -0.2) is 15.0 Å². The minimum atomic E-state index is -0.312. The largest absolute Gasteiger partial charge is 0.464 e. The summed E-state index contributed by atoms with van der Waals surface area (Å²) in [4.78, 5) is 24.4. The molecule has 0 bridgehead atoms. The van der Waals surface area contributed by atoms with Crippen molar-refractivity contribution < 1.29 is 4.42 Å². The summed E-state index contributed by atoms with van der Waals surface area (Å²) < 4.78 is 5.62. The molecule has 30 heavy (non-hydrogen) atoms. The minimum Gasteiger partial charge on any atom is -0.464 e. The highest BCUT2D eigenvalue weighted by Gasteiger charge is 2.14. The summed E-state index contributed by atoms with van der Waals surface area (Å²) in [5.41, 5.74) is 3.58. The first kappa shape index (κ1) is 18.4. The predicted molar refractivity (Wildman–Crippen MR) is 119 cm³/mol. The average molecular weight is 417 g/mol. The molecule has 1 atom stereocenters. The third-order valence-electron chi connectivity index (χ3n) is 5.06. The number of aromatic amines is 1. The van der Waals surface area contributed by atoms with Gasteiger partial charge >= 0.3 is 0 Å². The number of para-hydroxylation sites is 1. The van der Waals surface area contributed by atoms with E-state index in [-0.39, 0.29) is 11.6 Å². The molecule has 0 aliphatic heterocycles. The highest BCUT2D eigenvalue weighted by molar-refractivity contribution is 6.31. The quantitative estimate of drug-likeness (QED) is 0.401. The van der Waals surface area contributed by atoms with E-state index in [0.29, 0.717) is 16.5 Å². The number of hydrogen-bond donors (Lipinski definition) is 2. The van der Waals surface area contributed by atoms with Crippen LogP contribution < -0.4 is 10.9 Å². The van der Waals surface area contributed by atoms with Gasteiger partial charge in [-0.25, -0.2) is 9.97 Å². The van der Waals surface area contributed by atoms with E-state index in [0.717, 1.165) is 33.1 Å². The molecule has 3 aromatic heterocycles. The molecule has 148 valence electrons. The number of rotatable bonds is 4. The summed E-state index contributed by atoms with van der Waals surface area (Å²) in [5, 5.41) is 5.69. The van der Waals surface area contributed by atoms with E-state index in [1.165, 1.54) is 0 Å². The van der Waals surface area contributed by atoms with E-state index in [2.05, 4.69) is 20.3 Å². The highest BCUT2D eigenvalue weighted by Crippen LogP contribution is 2.29. The van der Waals surface area contributed by atoms with Crippen molar-refractivity contribution in [2.75, 3.05) is 5.32 Å². The second-order valence-electron chi connectivity index (χ2n) is 7.06. The lowest BCUT2D eigenvalue weighted by Crippen LogP contribution is -2.20. The zero-order valence-electron chi connectivity index (χ0n) is 16.0. The molecule has 0 aliphatic carbocycles. The minimum absolute atomic E-state index is 0.165. The standard InChI is InChI=1S/C23H17ClN4O2/c1-13(17-11-14-10-15(24)6-7-19(14)27-22(17)29)26-23-25-9-8-20(28-23)18-12-30-21-5-3-2-4-16(18)21/h2-13H,1H3,(H,27,29)(H,25,26,28)/t13-/m0/s1. The van der Waals surface area contributed by atoms with Crippen molar-refractivity contribution in [2.24, 2.45) is 0 Å². The number of halogens is 1. The third-order valence-corrected chi connectivity index (χ3v) is 5.29. The van der Waals surface area contributed by atoms with E-state index in [4.69, 9.17) is 16.0 Å². The maximum absolute atomic E-state index is 12.6. The molecule has 6 nitrogen and oxygen atoms in total. The molecule has 7 heteroatoms. The smallest absolute Gasteiger partial charge is 0.253 e. The second-order valence-corrected chi connectivity index (χ2v) is 7.50. The number of fused-ring (bicyclic) bond motifs is 2. The van der Waals surface area contributed by atoms with Gasteiger partial charge in [-0.2, -0.15) is 0 Å². The summed E-state index contributed by atoms with van der Waals surface area (Å²) in [6, 6.07) is 16.5. The van der Waals surface area contributed by atoms with Crippen LogP contribution in [0.4, 0.5) is 5.95 Å². The number of benzene rings is 2. The van der Waals surface area contributed by atoms with E-state index >= 15 is 0 Å². The van der Waals surface area contributed by atoms with Crippen LogP contribution >= 0.6 is 11.6 Å². The molecule has 2 N–H and O–H groups in total. The number of nitrogens with zero attached hydrogens (tertiary/aromatic N) is 2. The third kappa shape index (κ3) is 3.31. The van der Waals surface area contributed by atoms with Crippen LogP contribution in [0.25, 0.3) is 33.1 Å². The number of aromatic nitrogens is 3. The van der Waals surface area contributed by atoms with E-state index in [1.807, 2.05) is 49.4 Å². The van der Waals surface area contributed by atoms with Crippen LogP contribution in [0.3, 0.4) is 0 Å². The SMILES string of the molecule is C[C@H](Nc1nccc(-c2coc3ccccc23)n1)c1cc2cc(Cl)ccc2[nH]c1=O. The molecule has 5 rings (SSSR count). The van der Waals surface area contributed by atoms with Gasteiger partial charge in [0.05, 0.1) is 11.7 Å². The number of anilines is 1. The lowest BCUT2D eigenvalue weighted by molar-refractivity contribution is 0.617. The zero-order valence-corrected chi connectivity index (χ0v) is 16.8. The second kappa shape index (κ2) is 7.31. The maximum Gasteiger partial charge on any atom is 0.253 e. The summed E-state index contributed by atoms with van der Waals surface area (Å²) in [7, 11) is 0. The summed E-state index contributed by atoms with van der Waals surface area (Å²) in [6.07, 6.45) is 3.38.